The third kappa shape index (κ3) is 3.36. The highest BCUT2D eigenvalue weighted by atomic mass is 79.9. The van der Waals surface area contributed by atoms with Crippen LogP contribution in [0.25, 0.3) is 0 Å². The largest absolute Gasteiger partial charge is 0.493 e. The fraction of sp³-hybridized carbons (Fsp3) is 0.214. The number of benzene rings is 1. The Bertz CT molecular complexity index is 592. The van der Waals surface area contributed by atoms with Gasteiger partial charge < -0.3 is 9.47 Å². The zero-order valence-electron chi connectivity index (χ0n) is 10.6. The number of thiophene rings is 1. The topological polar surface area (TPSA) is 35.5 Å². The molecule has 0 aliphatic carbocycles. The summed E-state index contributed by atoms with van der Waals surface area (Å²) in [6, 6.07) is 7.18. The Morgan fingerprint density at radius 1 is 1.21 bits per heavy atom. The first-order valence-corrected chi connectivity index (χ1v) is 7.29. The maximum Gasteiger partial charge on any atom is 0.168 e. The van der Waals surface area contributed by atoms with Crippen LogP contribution >= 0.6 is 27.3 Å². The monoisotopic (exact) mass is 340 g/mol. The molecule has 0 bridgehead atoms. The van der Waals surface area contributed by atoms with Gasteiger partial charge in [0.25, 0.3) is 0 Å². The number of ether oxygens (including phenoxy) is 2. The van der Waals surface area contributed by atoms with Gasteiger partial charge >= 0.3 is 0 Å². The van der Waals surface area contributed by atoms with Crippen molar-refractivity contribution in [1.82, 2.24) is 0 Å². The van der Waals surface area contributed by atoms with Crippen molar-refractivity contribution >= 4 is 33.0 Å². The van der Waals surface area contributed by atoms with Crippen LogP contribution in [0.5, 0.6) is 11.5 Å². The van der Waals surface area contributed by atoms with Crippen LogP contribution in [0.1, 0.15) is 15.2 Å². The first kappa shape index (κ1) is 14.1. The summed E-state index contributed by atoms with van der Waals surface area (Å²) >= 11 is 4.95. The molecule has 0 saturated heterocycles. The van der Waals surface area contributed by atoms with E-state index in [4.69, 9.17) is 9.47 Å². The zero-order chi connectivity index (χ0) is 13.8. The Morgan fingerprint density at radius 3 is 2.53 bits per heavy atom. The van der Waals surface area contributed by atoms with Gasteiger partial charge in [-0.1, -0.05) is 0 Å². The van der Waals surface area contributed by atoms with Crippen LogP contribution in [-0.2, 0) is 6.42 Å². The molecule has 100 valence electrons. The molecule has 0 fully saturated rings. The molecule has 0 aliphatic rings. The number of Topliss-reactive ketones (excluding diaryl/α,β-unsaturated/α-hetero) is 1. The van der Waals surface area contributed by atoms with E-state index in [1.807, 2.05) is 11.4 Å². The molecule has 0 N–H and O–H groups in total. The van der Waals surface area contributed by atoms with Crippen molar-refractivity contribution in [3.05, 3.63) is 44.6 Å². The molecule has 0 radical (unpaired) electrons. The number of halogens is 1. The molecule has 19 heavy (non-hydrogen) atoms. The number of methoxy groups -OCH3 is 2. The number of hydrogen-bond acceptors (Lipinski definition) is 4. The SMILES string of the molecule is COc1ccc(C(=O)Cc2cc(Br)cs2)cc1OC. The van der Waals surface area contributed by atoms with E-state index < -0.39 is 0 Å². The Labute approximate surface area is 124 Å². The van der Waals surface area contributed by atoms with E-state index in [1.54, 1.807) is 43.8 Å². The van der Waals surface area contributed by atoms with Gasteiger partial charge in [-0.3, -0.25) is 4.79 Å². The van der Waals surface area contributed by atoms with Gasteiger partial charge in [0.15, 0.2) is 17.3 Å². The lowest BCUT2D eigenvalue weighted by atomic mass is 10.1. The molecule has 1 aromatic heterocycles. The lowest BCUT2D eigenvalue weighted by molar-refractivity contribution is 0.0993. The molecule has 0 unspecified atom stereocenters. The lowest BCUT2D eigenvalue weighted by Crippen LogP contribution is -2.03. The lowest BCUT2D eigenvalue weighted by Gasteiger charge is -2.08. The van der Waals surface area contributed by atoms with Gasteiger partial charge in [0, 0.05) is 26.7 Å². The standard InChI is InChI=1S/C14H13BrO3S/c1-17-13-4-3-9(5-14(13)18-2)12(16)7-11-6-10(15)8-19-11/h3-6,8H,7H2,1-2H3. The van der Waals surface area contributed by atoms with Crippen molar-refractivity contribution in [1.29, 1.82) is 0 Å². The second kappa shape index (κ2) is 6.21. The van der Waals surface area contributed by atoms with Crippen LogP contribution in [0.3, 0.4) is 0 Å². The van der Waals surface area contributed by atoms with Gasteiger partial charge in [0.05, 0.1) is 14.2 Å². The molecule has 0 spiro atoms. The molecule has 0 aliphatic heterocycles. The van der Waals surface area contributed by atoms with Crippen molar-refractivity contribution in [3.63, 3.8) is 0 Å². The van der Waals surface area contributed by atoms with Gasteiger partial charge in [-0.15, -0.1) is 11.3 Å². The first-order chi connectivity index (χ1) is 9.13. The summed E-state index contributed by atoms with van der Waals surface area (Å²) in [5.74, 6) is 1.26. The average molecular weight is 341 g/mol. The van der Waals surface area contributed by atoms with Crippen molar-refractivity contribution in [3.8, 4) is 11.5 Å². The molecule has 2 aromatic rings. The minimum atomic E-state index is 0.0651. The van der Waals surface area contributed by atoms with E-state index in [0.717, 1.165) is 9.35 Å². The summed E-state index contributed by atoms with van der Waals surface area (Å²) in [5.41, 5.74) is 0.627. The smallest absolute Gasteiger partial charge is 0.168 e. The third-order valence-corrected chi connectivity index (χ3v) is 4.36. The second-order valence-electron chi connectivity index (χ2n) is 3.90. The fourth-order valence-electron chi connectivity index (χ4n) is 1.72. The van der Waals surface area contributed by atoms with E-state index in [-0.39, 0.29) is 5.78 Å². The van der Waals surface area contributed by atoms with E-state index >= 15 is 0 Å². The summed E-state index contributed by atoms with van der Waals surface area (Å²) in [6.45, 7) is 0. The summed E-state index contributed by atoms with van der Waals surface area (Å²) < 4.78 is 11.4. The maximum atomic E-state index is 12.2. The molecule has 5 heteroatoms. The van der Waals surface area contributed by atoms with Gasteiger partial charge in [-0.2, -0.15) is 0 Å². The Balaban J connectivity index is 2.19. The first-order valence-electron chi connectivity index (χ1n) is 5.62. The third-order valence-electron chi connectivity index (χ3n) is 2.66. The van der Waals surface area contributed by atoms with Gasteiger partial charge in [0.1, 0.15) is 0 Å². The van der Waals surface area contributed by atoms with Crippen molar-refractivity contribution in [2.75, 3.05) is 14.2 Å². The maximum absolute atomic E-state index is 12.2. The van der Waals surface area contributed by atoms with E-state index in [1.165, 1.54) is 0 Å². The van der Waals surface area contributed by atoms with Gasteiger partial charge in [0.2, 0.25) is 0 Å². The number of ketones is 1. The predicted molar refractivity (Wildman–Crippen MR) is 79.6 cm³/mol. The van der Waals surface area contributed by atoms with Crippen LogP contribution in [-0.4, -0.2) is 20.0 Å². The highest BCUT2D eigenvalue weighted by molar-refractivity contribution is 9.10. The molecule has 0 atom stereocenters. The number of carbonyl (C=O) groups excluding carboxylic acids is 1. The Kier molecular flexibility index (Phi) is 4.61. The van der Waals surface area contributed by atoms with Crippen molar-refractivity contribution < 1.29 is 14.3 Å². The van der Waals surface area contributed by atoms with E-state index in [2.05, 4.69) is 15.9 Å². The normalized spacial score (nSPS) is 10.3. The quantitative estimate of drug-likeness (QED) is 0.773. The summed E-state index contributed by atoms with van der Waals surface area (Å²) in [7, 11) is 3.13. The van der Waals surface area contributed by atoms with E-state index in [0.29, 0.717) is 23.5 Å². The molecule has 1 aromatic carbocycles. The number of carbonyl (C=O) groups is 1. The molecule has 0 amide bonds. The zero-order valence-corrected chi connectivity index (χ0v) is 13.0. The Hall–Kier alpha value is -1.33. The minimum Gasteiger partial charge on any atom is -0.493 e. The molecule has 0 saturated carbocycles. The van der Waals surface area contributed by atoms with Crippen molar-refractivity contribution in [2.24, 2.45) is 0 Å². The predicted octanol–water partition coefficient (Wildman–Crippen LogP) is 3.95. The van der Waals surface area contributed by atoms with Crippen LogP contribution in [0.4, 0.5) is 0 Å². The minimum absolute atomic E-state index is 0.0651. The summed E-state index contributed by atoms with van der Waals surface area (Å²) in [5, 5.41) is 1.97. The second-order valence-corrected chi connectivity index (χ2v) is 5.81. The highest BCUT2D eigenvalue weighted by Crippen LogP contribution is 2.28. The number of hydrogen-bond donors (Lipinski definition) is 0. The van der Waals surface area contributed by atoms with Crippen molar-refractivity contribution in [2.45, 2.75) is 6.42 Å². The van der Waals surface area contributed by atoms with Crippen LogP contribution in [0.15, 0.2) is 34.1 Å². The average Bonchev–Trinajstić information content (AvgIpc) is 2.83. The van der Waals surface area contributed by atoms with E-state index in [9.17, 15) is 4.79 Å². The molecule has 2 rings (SSSR count). The van der Waals surface area contributed by atoms with Crippen LogP contribution < -0.4 is 9.47 Å². The Morgan fingerprint density at radius 2 is 1.95 bits per heavy atom. The van der Waals surface area contributed by atoms with Gasteiger partial charge in [-0.05, 0) is 40.2 Å². The summed E-state index contributed by atoms with van der Waals surface area (Å²) in [4.78, 5) is 13.2. The molecule has 1 heterocycles. The molecular formula is C14H13BrO3S. The van der Waals surface area contributed by atoms with Crippen LogP contribution in [0, 0.1) is 0 Å². The summed E-state index contributed by atoms with van der Waals surface area (Å²) in [6.07, 6.45) is 0.395. The fourth-order valence-corrected chi connectivity index (χ4v) is 3.17. The van der Waals surface area contributed by atoms with Crippen LogP contribution in [0.2, 0.25) is 0 Å². The van der Waals surface area contributed by atoms with Gasteiger partial charge in [-0.25, -0.2) is 0 Å². The molecular weight excluding hydrogens is 328 g/mol. The number of rotatable bonds is 5. The highest BCUT2D eigenvalue weighted by Gasteiger charge is 2.12. The molecule has 3 nitrogen and oxygen atoms in total.